The average molecular weight is 426 g/mol. The van der Waals surface area contributed by atoms with Gasteiger partial charge in [-0.25, -0.2) is 8.78 Å². The minimum Gasteiger partial charge on any atom is -0.497 e. The summed E-state index contributed by atoms with van der Waals surface area (Å²) in [6.07, 6.45) is 1.48. The van der Waals surface area contributed by atoms with Crippen molar-refractivity contribution in [2.24, 2.45) is 7.05 Å². The van der Waals surface area contributed by atoms with Crippen molar-refractivity contribution in [3.05, 3.63) is 68.6 Å². The molecule has 0 aliphatic rings. The van der Waals surface area contributed by atoms with Crippen LogP contribution in [0.25, 0.3) is 22.3 Å². The molecule has 0 aliphatic carbocycles. The first-order valence-electron chi connectivity index (χ1n) is 8.05. The SMILES string of the molecule is COc1cc(OC)c(Cl)c(-c2cn(C)c(=O)c(Cl)c2-c2ccc(F)cc2F)c1. The van der Waals surface area contributed by atoms with Crippen LogP contribution in [-0.4, -0.2) is 18.8 Å². The second-order valence-corrected chi connectivity index (χ2v) is 6.72. The largest absolute Gasteiger partial charge is 0.497 e. The van der Waals surface area contributed by atoms with Crippen LogP contribution in [-0.2, 0) is 7.05 Å². The third-order valence-electron chi connectivity index (χ3n) is 4.28. The Morgan fingerprint density at radius 3 is 2.25 bits per heavy atom. The minimum absolute atomic E-state index is 0.0306. The van der Waals surface area contributed by atoms with Crippen molar-refractivity contribution in [3.63, 3.8) is 0 Å². The van der Waals surface area contributed by atoms with Gasteiger partial charge in [0.1, 0.15) is 28.2 Å². The molecular formula is C20H15Cl2F2NO3. The van der Waals surface area contributed by atoms with E-state index < -0.39 is 17.2 Å². The summed E-state index contributed by atoms with van der Waals surface area (Å²) in [6, 6.07) is 6.24. The molecular weight excluding hydrogens is 411 g/mol. The molecule has 0 N–H and O–H groups in total. The highest BCUT2D eigenvalue weighted by molar-refractivity contribution is 6.36. The van der Waals surface area contributed by atoms with Crippen LogP contribution in [0.3, 0.4) is 0 Å². The first kappa shape index (κ1) is 20.2. The molecule has 0 aliphatic heterocycles. The highest BCUT2D eigenvalue weighted by Crippen LogP contribution is 2.44. The number of rotatable bonds is 4. The number of aryl methyl sites for hydroxylation is 1. The standard InChI is InChI=1S/C20H15Cl2F2NO3/c1-25-9-14(13-7-11(27-2)8-16(28-3)18(13)21)17(19(22)20(25)26)12-5-4-10(23)6-15(12)24/h4-9H,1-3H3. The summed E-state index contributed by atoms with van der Waals surface area (Å²) >= 11 is 12.8. The number of ether oxygens (including phenoxy) is 2. The Kier molecular flexibility index (Phi) is 5.63. The topological polar surface area (TPSA) is 40.5 Å². The third kappa shape index (κ3) is 3.45. The summed E-state index contributed by atoms with van der Waals surface area (Å²) < 4.78 is 39.8. The number of benzene rings is 2. The van der Waals surface area contributed by atoms with Crippen molar-refractivity contribution in [1.82, 2.24) is 4.57 Å². The Hall–Kier alpha value is -2.57. The summed E-state index contributed by atoms with van der Waals surface area (Å²) in [6.45, 7) is 0. The first-order chi connectivity index (χ1) is 13.3. The molecule has 0 atom stereocenters. The van der Waals surface area contributed by atoms with Crippen LogP contribution in [0.5, 0.6) is 11.5 Å². The van der Waals surface area contributed by atoms with Gasteiger partial charge >= 0.3 is 0 Å². The zero-order valence-electron chi connectivity index (χ0n) is 15.1. The number of hydrogen-bond donors (Lipinski definition) is 0. The van der Waals surface area contributed by atoms with Crippen molar-refractivity contribution >= 4 is 23.2 Å². The normalized spacial score (nSPS) is 10.8. The maximum Gasteiger partial charge on any atom is 0.269 e. The Morgan fingerprint density at radius 2 is 1.64 bits per heavy atom. The van der Waals surface area contributed by atoms with Crippen LogP contribution in [0, 0.1) is 11.6 Å². The predicted octanol–water partition coefficient (Wildman–Crippen LogP) is 5.32. The molecule has 0 fully saturated rings. The minimum atomic E-state index is -0.859. The molecule has 0 saturated carbocycles. The van der Waals surface area contributed by atoms with Gasteiger partial charge in [-0.2, -0.15) is 0 Å². The van der Waals surface area contributed by atoms with Gasteiger partial charge in [-0.3, -0.25) is 4.79 Å². The lowest BCUT2D eigenvalue weighted by Gasteiger charge is -2.17. The lowest BCUT2D eigenvalue weighted by Crippen LogP contribution is -2.18. The number of hydrogen-bond acceptors (Lipinski definition) is 3. The fourth-order valence-corrected chi connectivity index (χ4v) is 3.52. The molecule has 2 aromatic carbocycles. The van der Waals surface area contributed by atoms with E-state index >= 15 is 0 Å². The van der Waals surface area contributed by atoms with Gasteiger partial charge in [0.15, 0.2) is 0 Å². The lowest BCUT2D eigenvalue weighted by atomic mass is 9.95. The molecule has 3 rings (SSSR count). The first-order valence-corrected chi connectivity index (χ1v) is 8.80. The van der Waals surface area contributed by atoms with Gasteiger partial charge in [0, 0.05) is 47.6 Å². The van der Waals surface area contributed by atoms with Crippen LogP contribution in [0.4, 0.5) is 8.78 Å². The van der Waals surface area contributed by atoms with Gasteiger partial charge in [-0.1, -0.05) is 23.2 Å². The lowest BCUT2D eigenvalue weighted by molar-refractivity contribution is 0.395. The number of halogens is 4. The Morgan fingerprint density at radius 1 is 0.929 bits per heavy atom. The van der Waals surface area contributed by atoms with E-state index in [-0.39, 0.29) is 21.2 Å². The monoisotopic (exact) mass is 425 g/mol. The molecule has 1 aromatic heterocycles. The van der Waals surface area contributed by atoms with Gasteiger partial charge in [0.25, 0.3) is 5.56 Å². The third-order valence-corrected chi connectivity index (χ3v) is 5.02. The number of pyridine rings is 1. The summed E-state index contributed by atoms with van der Waals surface area (Å²) in [4.78, 5) is 12.4. The van der Waals surface area contributed by atoms with E-state index in [0.717, 1.165) is 12.1 Å². The van der Waals surface area contributed by atoms with Crippen LogP contribution in [0.15, 0.2) is 41.3 Å². The molecule has 0 radical (unpaired) electrons. The summed E-state index contributed by atoms with van der Waals surface area (Å²) in [5, 5.41) is 0.00477. The number of nitrogens with zero attached hydrogens (tertiary/aromatic N) is 1. The van der Waals surface area contributed by atoms with E-state index in [4.69, 9.17) is 32.7 Å². The molecule has 8 heteroatoms. The zero-order valence-corrected chi connectivity index (χ0v) is 16.7. The molecule has 28 heavy (non-hydrogen) atoms. The molecule has 0 amide bonds. The molecule has 0 bridgehead atoms. The quantitative estimate of drug-likeness (QED) is 0.567. The molecule has 146 valence electrons. The zero-order chi connectivity index (χ0) is 20.6. The van der Waals surface area contributed by atoms with Gasteiger partial charge in [0.2, 0.25) is 0 Å². The number of methoxy groups -OCH3 is 2. The van der Waals surface area contributed by atoms with Crippen LogP contribution in [0.2, 0.25) is 10.0 Å². The molecule has 0 spiro atoms. The van der Waals surface area contributed by atoms with Crippen LogP contribution >= 0.6 is 23.2 Å². The summed E-state index contributed by atoms with van der Waals surface area (Å²) in [5.41, 5.74) is 0.306. The van der Waals surface area contributed by atoms with E-state index in [1.54, 1.807) is 12.1 Å². The van der Waals surface area contributed by atoms with Crippen molar-refractivity contribution in [1.29, 1.82) is 0 Å². The van der Waals surface area contributed by atoms with E-state index in [1.165, 1.54) is 38.1 Å². The van der Waals surface area contributed by atoms with E-state index in [2.05, 4.69) is 0 Å². The smallest absolute Gasteiger partial charge is 0.269 e. The van der Waals surface area contributed by atoms with Gasteiger partial charge in [0.05, 0.1) is 19.2 Å². The average Bonchev–Trinajstić information content (AvgIpc) is 2.67. The Balaban J connectivity index is 2.45. The van der Waals surface area contributed by atoms with Gasteiger partial charge in [-0.15, -0.1) is 0 Å². The molecule has 4 nitrogen and oxygen atoms in total. The van der Waals surface area contributed by atoms with Crippen LogP contribution < -0.4 is 15.0 Å². The summed E-state index contributed by atoms with van der Waals surface area (Å²) in [7, 11) is 4.42. The number of aromatic nitrogens is 1. The fraction of sp³-hybridized carbons (Fsp3) is 0.150. The fourth-order valence-electron chi connectivity index (χ4n) is 2.89. The highest BCUT2D eigenvalue weighted by atomic mass is 35.5. The van der Waals surface area contributed by atoms with E-state index in [9.17, 15) is 13.6 Å². The Labute approximate surface area is 169 Å². The molecule has 3 aromatic rings. The molecule has 0 unspecified atom stereocenters. The molecule has 0 saturated heterocycles. The highest BCUT2D eigenvalue weighted by Gasteiger charge is 2.22. The van der Waals surface area contributed by atoms with E-state index in [0.29, 0.717) is 22.6 Å². The van der Waals surface area contributed by atoms with Crippen molar-refractivity contribution in [2.75, 3.05) is 14.2 Å². The Bertz CT molecular complexity index is 1130. The van der Waals surface area contributed by atoms with E-state index in [1.807, 2.05) is 0 Å². The molecule has 1 heterocycles. The summed E-state index contributed by atoms with van der Waals surface area (Å²) in [5.74, 6) is -0.843. The van der Waals surface area contributed by atoms with Gasteiger partial charge < -0.3 is 14.0 Å². The second kappa shape index (κ2) is 7.81. The van der Waals surface area contributed by atoms with Crippen LogP contribution in [0.1, 0.15) is 0 Å². The van der Waals surface area contributed by atoms with Crippen molar-refractivity contribution in [3.8, 4) is 33.8 Å². The van der Waals surface area contributed by atoms with Crippen molar-refractivity contribution in [2.45, 2.75) is 0 Å². The maximum absolute atomic E-state index is 14.5. The predicted molar refractivity (Wildman–Crippen MR) is 106 cm³/mol. The second-order valence-electron chi connectivity index (χ2n) is 5.96. The van der Waals surface area contributed by atoms with Gasteiger partial charge in [-0.05, 0) is 18.2 Å². The van der Waals surface area contributed by atoms with Crippen molar-refractivity contribution < 1.29 is 18.3 Å². The maximum atomic E-state index is 14.5.